The summed E-state index contributed by atoms with van der Waals surface area (Å²) in [5.74, 6) is 0.367. The van der Waals surface area contributed by atoms with E-state index in [1.807, 2.05) is 78.9 Å². The van der Waals surface area contributed by atoms with E-state index in [1.165, 1.54) is 0 Å². The van der Waals surface area contributed by atoms with Crippen LogP contribution < -0.4 is 0 Å². The predicted octanol–water partition coefficient (Wildman–Crippen LogP) is 10.9. The zero-order valence-electron chi connectivity index (χ0n) is 32.5. The summed E-state index contributed by atoms with van der Waals surface area (Å²) < 4.78 is 46.5. The van der Waals surface area contributed by atoms with Gasteiger partial charge in [-0.1, -0.05) is 121 Å². The molecule has 10 rings (SSSR count). The van der Waals surface area contributed by atoms with Crippen LogP contribution in [0.1, 0.15) is 12.4 Å². The third-order valence-electron chi connectivity index (χ3n) is 9.49. The van der Waals surface area contributed by atoms with Gasteiger partial charge in [0.05, 0.1) is 40.2 Å². The van der Waals surface area contributed by atoms with Crippen molar-refractivity contribution in [1.82, 2.24) is 24.1 Å². The fourth-order valence-electron chi connectivity index (χ4n) is 7.27. The molecule has 0 radical (unpaired) electrons. The van der Waals surface area contributed by atoms with Crippen molar-refractivity contribution >= 4 is 43.6 Å². The molecular weight excluding hydrogens is 637 g/mol. The van der Waals surface area contributed by atoms with Crippen LogP contribution in [0.4, 0.5) is 0 Å². The van der Waals surface area contributed by atoms with Gasteiger partial charge in [0.15, 0.2) is 17.5 Å². The van der Waals surface area contributed by atoms with Gasteiger partial charge in [-0.05, 0) is 48.5 Å². The maximum atomic E-state index is 10.9. The fraction of sp³-hybridized carbons (Fsp3) is 0. The summed E-state index contributed by atoms with van der Waals surface area (Å²) in [6, 6.07) is 46.0. The number of nitrogens with zero attached hydrogens (tertiary/aromatic N) is 6. The molecular formula is C46H28N6. The van der Waals surface area contributed by atoms with Crippen molar-refractivity contribution in [2.75, 3.05) is 0 Å². The van der Waals surface area contributed by atoms with Crippen molar-refractivity contribution in [3.63, 3.8) is 0 Å². The molecule has 0 atom stereocenters. The Kier molecular flexibility index (Phi) is 5.66. The summed E-state index contributed by atoms with van der Waals surface area (Å²) in [6.45, 7) is 0. The fourth-order valence-corrected chi connectivity index (χ4v) is 7.27. The normalized spacial score (nSPS) is 12.8. The molecule has 0 saturated carbocycles. The van der Waals surface area contributed by atoms with Gasteiger partial charge in [0.2, 0.25) is 0 Å². The van der Waals surface area contributed by atoms with Crippen LogP contribution >= 0.6 is 0 Å². The number of fused-ring (bicyclic) bond motifs is 7. The lowest BCUT2D eigenvalue weighted by molar-refractivity contribution is 1.07. The smallest absolute Gasteiger partial charge is 0.164 e. The van der Waals surface area contributed by atoms with Crippen LogP contribution in [0.3, 0.4) is 0 Å². The van der Waals surface area contributed by atoms with Gasteiger partial charge in [-0.2, -0.15) is 5.26 Å². The second-order valence-corrected chi connectivity index (χ2v) is 12.4. The van der Waals surface area contributed by atoms with Crippen molar-refractivity contribution in [1.29, 1.82) is 5.26 Å². The Morgan fingerprint density at radius 2 is 1.12 bits per heavy atom. The molecule has 0 spiro atoms. The highest BCUT2D eigenvalue weighted by Crippen LogP contribution is 2.42. The lowest BCUT2D eigenvalue weighted by Gasteiger charge is -2.13. The number of aromatic nitrogens is 5. The molecule has 0 bridgehead atoms. The van der Waals surface area contributed by atoms with Gasteiger partial charge >= 0.3 is 0 Å². The molecule has 0 aliphatic carbocycles. The second-order valence-electron chi connectivity index (χ2n) is 12.4. The predicted molar refractivity (Wildman–Crippen MR) is 210 cm³/mol. The molecule has 0 amide bonds. The first-order valence-electron chi connectivity index (χ1n) is 19.3. The van der Waals surface area contributed by atoms with Gasteiger partial charge in [-0.25, -0.2) is 15.0 Å². The van der Waals surface area contributed by atoms with Gasteiger partial charge in [0.25, 0.3) is 0 Å². The summed E-state index contributed by atoms with van der Waals surface area (Å²) in [4.78, 5) is 14.1. The van der Waals surface area contributed by atoms with Crippen molar-refractivity contribution in [2.45, 2.75) is 0 Å². The molecule has 3 heterocycles. The van der Waals surface area contributed by atoms with Gasteiger partial charge in [-0.3, -0.25) is 0 Å². The molecule has 3 aromatic heterocycles. The lowest BCUT2D eigenvalue weighted by Crippen LogP contribution is -2.02. The van der Waals surface area contributed by atoms with Crippen LogP contribution in [0.15, 0.2) is 170 Å². The third-order valence-corrected chi connectivity index (χ3v) is 9.49. The Hall–Kier alpha value is -7.36. The maximum Gasteiger partial charge on any atom is 0.164 e. The van der Waals surface area contributed by atoms with E-state index in [0.29, 0.717) is 22.4 Å². The van der Waals surface area contributed by atoms with E-state index >= 15 is 0 Å². The van der Waals surface area contributed by atoms with E-state index in [0.717, 1.165) is 49.3 Å². The van der Waals surface area contributed by atoms with Crippen molar-refractivity contribution < 1.29 is 6.85 Å². The summed E-state index contributed by atoms with van der Waals surface area (Å²) >= 11 is 0. The molecule has 10 aromatic rings. The molecule has 0 fully saturated rings. The molecule has 0 N–H and O–H groups in total. The zero-order valence-corrected chi connectivity index (χ0v) is 27.5. The van der Waals surface area contributed by atoms with E-state index in [4.69, 9.17) is 16.8 Å². The molecule has 6 heteroatoms. The summed E-state index contributed by atoms with van der Waals surface area (Å²) in [7, 11) is 0. The van der Waals surface area contributed by atoms with Gasteiger partial charge in [0.1, 0.15) is 6.07 Å². The second kappa shape index (κ2) is 11.9. The van der Waals surface area contributed by atoms with Crippen LogP contribution in [0, 0.1) is 11.3 Å². The van der Waals surface area contributed by atoms with E-state index in [2.05, 4.69) is 74.8 Å². The topological polar surface area (TPSA) is 72.3 Å². The van der Waals surface area contributed by atoms with Gasteiger partial charge < -0.3 is 9.13 Å². The quantitative estimate of drug-likeness (QED) is 0.183. The number of para-hydroxylation sites is 3. The van der Waals surface area contributed by atoms with Crippen molar-refractivity contribution in [3.05, 3.63) is 175 Å². The summed E-state index contributed by atoms with van der Waals surface area (Å²) in [5, 5.41) is 15.1. The minimum absolute atomic E-state index is 0.0713. The first-order valence-corrected chi connectivity index (χ1v) is 16.8. The Morgan fingerprint density at radius 1 is 0.500 bits per heavy atom. The van der Waals surface area contributed by atoms with Gasteiger partial charge in [-0.15, -0.1) is 0 Å². The van der Waals surface area contributed by atoms with E-state index < -0.39 is 30.2 Å². The average molecular weight is 670 g/mol. The lowest BCUT2D eigenvalue weighted by atomic mass is 10.1. The number of rotatable bonds is 5. The molecule has 0 aliphatic rings. The molecule has 0 saturated heterocycles. The minimum atomic E-state index is -0.507. The summed E-state index contributed by atoms with van der Waals surface area (Å²) in [6.07, 6.45) is 0. The standard InChI is InChI=1S/C46H28N6/c47-29-33-28-32(46-49-44(30-14-4-1-5-15-30)48-45(50-46)31-16-6-2-7-17-31)24-26-38(33)52-39-22-12-10-20-35(39)36-25-27-41-42(43(36)52)37-21-11-13-23-40(37)51(41)34-18-8-3-9-19-34/h1-28H/i1D,4D,5D,14D,15D. The van der Waals surface area contributed by atoms with Crippen LogP contribution in [0.2, 0.25) is 0 Å². The van der Waals surface area contributed by atoms with Crippen LogP contribution in [0.25, 0.3) is 89.2 Å². The van der Waals surface area contributed by atoms with Crippen LogP contribution in [0.5, 0.6) is 0 Å². The molecule has 0 aliphatic heterocycles. The molecule has 6 nitrogen and oxygen atoms in total. The molecule has 242 valence electrons. The van der Waals surface area contributed by atoms with E-state index in [-0.39, 0.29) is 23.0 Å². The van der Waals surface area contributed by atoms with E-state index in [1.54, 1.807) is 6.07 Å². The van der Waals surface area contributed by atoms with Crippen molar-refractivity contribution in [2.24, 2.45) is 0 Å². The van der Waals surface area contributed by atoms with Crippen LogP contribution in [-0.2, 0) is 0 Å². The van der Waals surface area contributed by atoms with Crippen molar-refractivity contribution in [3.8, 4) is 51.6 Å². The minimum Gasteiger partial charge on any atom is -0.309 e. The number of nitriles is 1. The van der Waals surface area contributed by atoms with E-state index in [9.17, 15) is 5.26 Å². The summed E-state index contributed by atoms with van der Waals surface area (Å²) in [5.41, 5.74) is 7.10. The largest absolute Gasteiger partial charge is 0.309 e. The monoisotopic (exact) mass is 669 g/mol. The molecule has 7 aromatic carbocycles. The maximum absolute atomic E-state index is 10.9. The highest BCUT2D eigenvalue weighted by Gasteiger charge is 2.22. The third kappa shape index (κ3) is 4.61. The zero-order chi connectivity index (χ0) is 38.9. The first-order chi connectivity index (χ1) is 27.8. The first kappa shape index (κ1) is 24.7. The Balaban J connectivity index is 1.24. The Morgan fingerprint density at radius 3 is 1.85 bits per heavy atom. The molecule has 52 heavy (non-hydrogen) atoms. The average Bonchev–Trinajstić information content (AvgIpc) is 3.78. The number of benzene rings is 7. The number of hydrogen-bond donors (Lipinski definition) is 0. The molecule has 0 unspecified atom stereocenters. The highest BCUT2D eigenvalue weighted by atomic mass is 15.0. The SMILES string of the molecule is [2H]c1c([2H])c([2H])c(-c2nc(-c3ccccc3)nc(-c3ccc(-n4c5ccccc5c5ccc6c(c7ccccc7n6-c6ccccc6)c54)c(C#N)c3)n2)c([2H])c1[2H]. The van der Waals surface area contributed by atoms with Crippen LogP contribution in [-0.4, -0.2) is 24.1 Å². The number of hydrogen-bond acceptors (Lipinski definition) is 4. The van der Waals surface area contributed by atoms with Gasteiger partial charge in [0, 0.05) is 43.9 Å². The Labute approximate surface area is 306 Å². The Bertz CT molecular complexity index is 3290. The highest BCUT2D eigenvalue weighted by molar-refractivity contribution is 6.26.